The molecule has 0 aliphatic carbocycles. The average molecular weight is 228 g/mol. The fraction of sp³-hybridized carbons (Fsp3) is 0.500. The summed E-state index contributed by atoms with van der Waals surface area (Å²) in [6.07, 6.45) is -0.634. The standard InChI is InChI=1S/C12H17FOS/c1-8(14)9-6-5-7-10(13)11(9)15-12(2,3)4/h5-8,14H,1-4H3. The maximum Gasteiger partial charge on any atom is 0.137 e. The van der Waals surface area contributed by atoms with Crippen LogP contribution in [0.3, 0.4) is 0 Å². The Kier molecular flexibility index (Phi) is 3.79. The van der Waals surface area contributed by atoms with Gasteiger partial charge in [0, 0.05) is 9.64 Å². The number of aliphatic hydroxyl groups excluding tert-OH is 1. The second kappa shape index (κ2) is 4.54. The van der Waals surface area contributed by atoms with Gasteiger partial charge in [0.25, 0.3) is 0 Å². The van der Waals surface area contributed by atoms with Crippen molar-refractivity contribution < 1.29 is 9.50 Å². The van der Waals surface area contributed by atoms with E-state index in [0.717, 1.165) is 0 Å². The number of aliphatic hydroxyl groups is 1. The Morgan fingerprint density at radius 1 is 1.33 bits per heavy atom. The molecular formula is C12H17FOS. The molecule has 1 N–H and O–H groups in total. The third kappa shape index (κ3) is 3.50. The second-order valence-electron chi connectivity index (χ2n) is 4.55. The number of benzene rings is 1. The van der Waals surface area contributed by atoms with Crippen molar-refractivity contribution in [2.24, 2.45) is 0 Å². The van der Waals surface area contributed by atoms with Crippen molar-refractivity contribution in [1.29, 1.82) is 0 Å². The van der Waals surface area contributed by atoms with Crippen molar-refractivity contribution in [3.63, 3.8) is 0 Å². The van der Waals surface area contributed by atoms with Crippen LogP contribution < -0.4 is 0 Å². The van der Waals surface area contributed by atoms with Crippen LogP contribution in [0.2, 0.25) is 0 Å². The van der Waals surface area contributed by atoms with Gasteiger partial charge in [-0.05, 0) is 18.6 Å². The molecule has 1 nitrogen and oxygen atoms in total. The molecule has 1 atom stereocenters. The predicted molar refractivity (Wildman–Crippen MR) is 62.6 cm³/mol. The van der Waals surface area contributed by atoms with Crippen LogP contribution in [0, 0.1) is 5.82 Å². The van der Waals surface area contributed by atoms with E-state index in [1.807, 2.05) is 20.8 Å². The van der Waals surface area contributed by atoms with Crippen LogP contribution in [0.5, 0.6) is 0 Å². The monoisotopic (exact) mass is 228 g/mol. The number of thioether (sulfide) groups is 1. The van der Waals surface area contributed by atoms with E-state index >= 15 is 0 Å². The summed E-state index contributed by atoms with van der Waals surface area (Å²) in [6, 6.07) is 4.83. The number of hydrogen-bond acceptors (Lipinski definition) is 2. The minimum Gasteiger partial charge on any atom is -0.389 e. The molecule has 1 unspecified atom stereocenters. The van der Waals surface area contributed by atoms with Gasteiger partial charge < -0.3 is 5.11 Å². The Morgan fingerprint density at radius 3 is 2.40 bits per heavy atom. The molecule has 1 aromatic carbocycles. The fourth-order valence-corrected chi connectivity index (χ4v) is 2.40. The summed E-state index contributed by atoms with van der Waals surface area (Å²) in [5.74, 6) is -0.256. The summed E-state index contributed by atoms with van der Waals surface area (Å²) in [5, 5.41) is 9.55. The van der Waals surface area contributed by atoms with Crippen LogP contribution in [-0.4, -0.2) is 9.85 Å². The van der Waals surface area contributed by atoms with Crippen molar-refractivity contribution in [3.05, 3.63) is 29.6 Å². The van der Waals surface area contributed by atoms with Gasteiger partial charge >= 0.3 is 0 Å². The molecule has 15 heavy (non-hydrogen) atoms. The Labute approximate surface area is 94.7 Å². The van der Waals surface area contributed by atoms with Crippen LogP contribution in [0.4, 0.5) is 4.39 Å². The first-order chi connectivity index (χ1) is 6.81. The van der Waals surface area contributed by atoms with Crippen LogP contribution in [0.1, 0.15) is 39.4 Å². The van der Waals surface area contributed by atoms with Crippen molar-refractivity contribution in [3.8, 4) is 0 Å². The molecule has 0 aliphatic heterocycles. The van der Waals surface area contributed by atoms with Crippen molar-refractivity contribution >= 4 is 11.8 Å². The summed E-state index contributed by atoms with van der Waals surface area (Å²) in [7, 11) is 0. The largest absolute Gasteiger partial charge is 0.389 e. The Morgan fingerprint density at radius 2 is 1.93 bits per heavy atom. The lowest BCUT2D eigenvalue weighted by molar-refractivity contribution is 0.195. The Hall–Kier alpha value is -0.540. The van der Waals surface area contributed by atoms with Crippen LogP contribution in [0.15, 0.2) is 23.1 Å². The zero-order valence-electron chi connectivity index (χ0n) is 9.54. The van der Waals surface area contributed by atoms with Crippen LogP contribution in [-0.2, 0) is 0 Å². The minimum absolute atomic E-state index is 0.0637. The normalized spacial score (nSPS) is 14.0. The fourth-order valence-electron chi connectivity index (χ4n) is 1.27. The number of hydrogen-bond donors (Lipinski definition) is 1. The summed E-state index contributed by atoms with van der Waals surface area (Å²) < 4.78 is 13.5. The molecule has 0 saturated heterocycles. The SMILES string of the molecule is CC(O)c1cccc(F)c1SC(C)(C)C. The van der Waals surface area contributed by atoms with Gasteiger partial charge in [-0.1, -0.05) is 32.9 Å². The second-order valence-corrected chi connectivity index (χ2v) is 6.39. The Balaban J connectivity index is 3.14. The molecule has 0 heterocycles. The van der Waals surface area contributed by atoms with Crippen LogP contribution in [0.25, 0.3) is 0 Å². The molecule has 0 amide bonds. The molecule has 0 spiro atoms. The van der Waals surface area contributed by atoms with Gasteiger partial charge in [0.15, 0.2) is 0 Å². The molecular weight excluding hydrogens is 211 g/mol. The van der Waals surface area contributed by atoms with E-state index in [2.05, 4.69) is 0 Å². The molecule has 0 radical (unpaired) electrons. The lowest BCUT2D eigenvalue weighted by Crippen LogP contribution is -2.09. The highest BCUT2D eigenvalue weighted by atomic mass is 32.2. The van der Waals surface area contributed by atoms with E-state index < -0.39 is 6.10 Å². The van der Waals surface area contributed by atoms with Gasteiger partial charge in [-0.3, -0.25) is 0 Å². The molecule has 1 rings (SSSR count). The molecule has 0 bridgehead atoms. The maximum absolute atomic E-state index is 13.6. The Bertz CT molecular complexity index is 342. The summed E-state index contributed by atoms with van der Waals surface area (Å²) in [4.78, 5) is 0.556. The smallest absolute Gasteiger partial charge is 0.137 e. The lowest BCUT2D eigenvalue weighted by Gasteiger charge is -2.21. The molecule has 0 fully saturated rings. The molecule has 3 heteroatoms. The molecule has 0 aliphatic rings. The topological polar surface area (TPSA) is 20.2 Å². The summed E-state index contributed by atoms with van der Waals surface area (Å²) in [6.45, 7) is 7.73. The van der Waals surface area contributed by atoms with E-state index in [0.29, 0.717) is 10.5 Å². The maximum atomic E-state index is 13.6. The summed E-state index contributed by atoms with van der Waals surface area (Å²) in [5.41, 5.74) is 0.662. The van der Waals surface area contributed by atoms with Gasteiger partial charge in [0.05, 0.1) is 6.10 Å². The van der Waals surface area contributed by atoms with E-state index in [-0.39, 0.29) is 10.6 Å². The van der Waals surface area contributed by atoms with E-state index in [1.54, 1.807) is 19.1 Å². The zero-order chi connectivity index (χ0) is 11.6. The van der Waals surface area contributed by atoms with Gasteiger partial charge in [-0.25, -0.2) is 4.39 Å². The number of halogens is 1. The highest BCUT2D eigenvalue weighted by molar-refractivity contribution is 8.00. The van der Waals surface area contributed by atoms with Crippen molar-refractivity contribution in [2.45, 2.75) is 43.4 Å². The van der Waals surface area contributed by atoms with E-state index in [4.69, 9.17) is 0 Å². The summed E-state index contributed by atoms with van der Waals surface area (Å²) >= 11 is 1.45. The first kappa shape index (κ1) is 12.5. The average Bonchev–Trinajstić information content (AvgIpc) is 2.05. The lowest BCUT2D eigenvalue weighted by atomic mass is 10.1. The van der Waals surface area contributed by atoms with Crippen molar-refractivity contribution in [2.75, 3.05) is 0 Å². The molecule has 0 saturated carbocycles. The van der Waals surface area contributed by atoms with E-state index in [9.17, 15) is 9.50 Å². The third-order valence-corrected chi connectivity index (χ3v) is 3.10. The first-order valence-electron chi connectivity index (χ1n) is 4.97. The quantitative estimate of drug-likeness (QED) is 0.777. The number of rotatable bonds is 2. The predicted octanol–water partition coefficient (Wildman–Crippen LogP) is 3.77. The first-order valence-corrected chi connectivity index (χ1v) is 5.78. The minimum atomic E-state index is -0.634. The van der Waals surface area contributed by atoms with Gasteiger partial charge in [0.1, 0.15) is 5.82 Å². The zero-order valence-corrected chi connectivity index (χ0v) is 10.4. The highest BCUT2D eigenvalue weighted by Crippen LogP contribution is 2.37. The van der Waals surface area contributed by atoms with Crippen LogP contribution >= 0.6 is 11.8 Å². The van der Waals surface area contributed by atoms with Gasteiger partial charge in [0.2, 0.25) is 0 Å². The van der Waals surface area contributed by atoms with Gasteiger partial charge in [-0.15, -0.1) is 11.8 Å². The highest BCUT2D eigenvalue weighted by Gasteiger charge is 2.19. The third-order valence-electron chi connectivity index (χ3n) is 1.86. The molecule has 1 aromatic rings. The van der Waals surface area contributed by atoms with Crippen molar-refractivity contribution in [1.82, 2.24) is 0 Å². The van der Waals surface area contributed by atoms with E-state index in [1.165, 1.54) is 17.8 Å². The van der Waals surface area contributed by atoms with Gasteiger partial charge in [-0.2, -0.15) is 0 Å². The molecule has 84 valence electrons. The molecule has 0 aromatic heterocycles.